The summed E-state index contributed by atoms with van der Waals surface area (Å²) in [5.41, 5.74) is 2.35. The van der Waals surface area contributed by atoms with Gasteiger partial charge in [0, 0.05) is 23.1 Å². The third kappa shape index (κ3) is 4.14. The number of carbonyl (C=O) groups excluding carboxylic acids is 3. The maximum atomic E-state index is 13.3. The van der Waals surface area contributed by atoms with Crippen molar-refractivity contribution in [2.24, 2.45) is 0 Å². The first kappa shape index (κ1) is 24.2. The van der Waals surface area contributed by atoms with E-state index in [1.54, 1.807) is 67.8 Å². The molecule has 0 radical (unpaired) electrons. The van der Waals surface area contributed by atoms with Crippen molar-refractivity contribution >= 4 is 34.7 Å². The minimum Gasteiger partial charge on any atom is -0.497 e. The molecule has 1 aromatic heterocycles. The average Bonchev–Trinajstić information content (AvgIpc) is 3.26. The number of methoxy groups -OCH3 is 2. The van der Waals surface area contributed by atoms with E-state index >= 15 is 0 Å². The van der Waals surface area contributed by atoms with Crippen molar-refractivity contribution in [2.75, 3.05) is 14.2 Å². The smallest absolute Gasteiger partial charge is 0.337 e. The normalized spacial score (nSPS) is 16.9. The molecule has 0 bridgehead atoms. The highest BCUT2D eigenvalue weighted by Gasteiger charge is 2.39. The Hall–Kier alpha value is -5.18. The summed E-state index contributed by atoms with van der Waals surface area (Å²) in [4.78, 5) is 53.6. The molecule has 9 heteroatoms. The Morgan fingerprint density at radius 3 is 2.51 bits per heavy atom. The molecule has 0 spiro atoms. The lowest BCUT2D eigenvalue weighted by Gasteiger charge is -2.26. The molecule has 0 amide bonds. The number of Topliss-reactive ketones (excluding diaryl/α,β-unsaturated/α-hetero) is 1. The first-order chi connectivity index (χ1) is 18.9. The molecule has 3 aromatic carbocycles. The van der Waals surface area contributed by atoms with E-state index in [4.69, 9.17) is 18.9 Å². The fraction of sp³-hybridized carbons (Fsp3) is 0.133. The van der Waals surface area contributed by atoms with Gasteiger partial charge in [0.2, 0.25) is 5.78 Å². The van der Waals surface area contributed by atoms with E-state index < -0.39 is 17.9 Å². The third-order valence-corrected chi connectivity index (χ3v) is 6.87. The zero-order chi connectivity index (χ0) is 27.3. The summed E-state index contributed by atoms with van der Waals surface area (Å²) in [5, 5.41) is 0.756. The second-order valence-electron chi connectivity index (χ2n) is 9.15. The quantitative estimate of drug-likeness (QED) is 0.238. The van der Waals surface area contributed by atoms with E-state index in [2.05, 4.69) is 4.98 Å². The molecule has 1 N–H and O–H groups in total. The van der Waals surface area contributed by atoms with Crippen LogP contribution in [0.4, 0.5) is 0 Å². The van der Waals surface area contributed by atoms with Crippen molar-refractivity contribution in [2.45, 2.75) is 12.3 Å². The van der Waals surface area contributed by atoms with E-state index in [0.717, 1.165) is 5.39 Å². The van der Waals surface area contributed by atoms with Crippen LogP contribution in [0.5, 0.6) is 17.2 Å². The van der Waals surface area contributed by atoms with Crippen molar-refractivity contribution in [3.05, 3.63) is 105 Å². The van der Waals surface area contributed by atoms with Crippen LogP contribution in [0, 0.1) is 0 Å². The van der Waals surface area contributed by atoms with E-state index in [1.165, 1.54) is 7.11 Å². The molecule has 2 aliphatic heterocycles. The van der Waals surface area contributed by atoms with Gasteiger partial charge in [0.15, 0.2) is 5.76 Å². The maximum Gasteiger partial charge on any atom is 0.337 e. The van der Waals surface area contributed by atoms with E-state index in [0.29, 0.717) is 39.1 Å². The van der Waals surface area contributed by atoms with Gasteiger partial charge in [0.25, 0.3) is 5.56 Å². The predicted octanol–water partition coefficient (Wildman–Crippen LogP) is 4.38. The number of carbonyl (C=O) groups is 3. The van der Waals surface area contributed by atoms with Crippen LogP contribution in [-0.4, -0.2) is 36.9 Å². The lowest BCUT2D eigenvalue weighted by atomic mass is 9.85. The van der Waals surface area contributed by atoms with Gasteiger partial charge in [-0.2, -0.15) is 0 Å². The van der Waals surface area contributed by atoms with Crippen LogP contribution >= 0.6 is 0 Å². The van der Waals surface area contributed by atoms with Crippen LogP contribution in [0.2, 0.25) is 0 Å². The summed E-state index contributed by atoms with van der Waals surface area (Å²) in [6, 6.07) is 16.7. The number of H-pyrrole nitrogens is 1. The number of aromatic nitrogens is 1. The highest BCUT2D eigenvalue weighted by Crippen LogP contribution is 2.48. The second-order valence-corrected chi connectivity index (χ2v) is 9.15. The highest BCUT2D eigenvalue weighted by molar-refractivity contribution is 6.15. The molecule has 0 saturated heterocycles. The fourth-order valence-electron chi connectivity index (χ4n) is 4.94. The first-order valence-corrected chi connectivity index (χ1v) is 12.1. The number of pyridine rings is 1. The minimum atomic E-state index is -0.696. The van der Waals surface area contributed by atoms with E-state index in [-0.39, 0.29) is 35.0 Å². The van der Waals surface area contributed by atoms with Crippen LogP contribution in [0.15, 0.2) is 71.2 Å². The molecule has 194 valence electrons. The van der Waals surface area contributed by atoms with E-state index in [1.807, 2.05) is 6.07 Å². The predicted molar refractivity (Wildman–Crippen MR) is 140 cm³/mol. The minimum absolute atomic E-state index is 0.0689. The largest absolute Gasteiger partial charge is 0.497 e. The number of hydrogen-bond acceptors (Lipinski definition) is 8. The van der Waals surface area contributed by atoms with Crippen LogP contribution < -0.4 is 19.8 Å². The summed E-state index contributed by atoms with van der Waals surface area (Å²) in [6.45, 7) is 0. The van der Waals surface area contributed by atoms with Gasteiger partial charge >= 0.3 is 11.9 Å². The number of benzene rings is 3. The Balaban J connectivity index is 1.42. The number of fused-ring (bicyclic) bond motifs is 4. The summed E-state index contributed by atoms with van der Waals surface area (Å²) in [5.74, 6) is -0.849. The molecule has 4 aromatic rings. The standard InChI is InChI=1S/C30H21NO8/c1-36-18-8-7-17-12-21(29(34)31-22(17)13-18)20-14-25(32)38-23-10-9-19-27(33)24(39-28(19)26(20)23)11-15-3-5-16(6-4-15)30(35)37-2/h3-13,20H,14H2,1-2H3,(H,31,34)/b24-11-/t20-/m0/s1. The number of ketones is 1. The molecule has 0 fully saturated rings. The summed E-state index contributed by atoms with van der Waals surface area (Å²) < 4.78 is 21.5. The number of hydrogen-bond donors (Lipinski definition) is 1. The van der Waals surface area contributed by atoms with Crippen LogP contribution in [-0.2, 0) is 9.53 Å². The second kappa shape index (κ2) is 9.29. The molecule has 9 nitrogen and oxygen atoms in total. The topological polar surface area (TPSA) is 121 Å². The zero-order valence-corrected chi connectivity index (χ0v) is 20.9. The molecule has 3 heterocycles. The molecule has 39 heavy (non-hydrogen) atoms. The lowest BCUT2D eigenvalue weighted by molar-refractivity contribution is -0.135. The number of allylic oxidation sites excluding steroid dienone is 1. The molecule has 1 atom stereocenters. The zero-order valence-electron chi connectivity index (χ0n) is 20.9. The van der Waals surface area contributed by atoms with Gasteiger partial charge in [-0.15, -0.1) is 0 Å². The van der Waals surface area contributed by atoms with Crippen molar-refractivity contribution in [1.82, 2.24) is 4.98 Å². The van der Waals surface area contributed by atoms with Gasteiger partial charge in [-0.3, -0.25) is 14.4 Å². The van der Waals surface area contributed by atoms with Gasteiger partial charge in [-0.05, 0) is 59.5 Å². The third-order valence-electron chi connectivity index (χ3n) is 6.87. The molecule has 0 aliphatic carbocycles. The van der Waals surface area contributed by atoms with Gasteiger partial charge in [0.05, 0.1) is 37.3 Å². The maximum absolute atomic E-state index is 13.3. The molecule has 0 unspecified atom stereocenters. The average molecular weight is 523 g/mol. The Morgan fingerprint density at radius 2 is 1.77 bits per heavy atom. The van der Waals surface area contributed by atoms with Gasteiger partial charge in [0.1, 0.15) is 17.2 Å². The van der Waals surface area contributed by atoms with Crippen LogP contribution in [0.1, 0.15) is 49.7 Å². The Kier molecular flexibility index (Phi) is 5.76. The monoisotopic (exact) mass is 523 g/mol. The molecular weight excluding hydrogens is 502 g/mol. The summed E-state index contributed by atoms with van der Waals surface area (Å²) in [6.07, 6.45) is 1.47. The van der Waals surface area contributed by atoms with Gasteiger partial charge < -0.3 is 23.9 Å². The van der Waals surface area contributed by atoms with Crippen LogP contribution in [0.3, 0.4) is 0 Å². The van der Waals surface area contributed by atoms with Crippen molar-refractivity contribution in [1.29, 1.82) is 0 Å². The number of ether oxygens (including phenoxy) is 4. The molecule has 0 saturated carbocycles. The highest BCUT2D eigenvalue weighted by atomic mass is 16.5. The molecular formula is C30H21NO8. The molecule has 6 rings (SSSR count). The lowest BCUT2D eigenvalue weighted by Crippen LogP contribution is -2.26. The van der Waals surface area contributed by atoms with Crippen molar-refractivity contribution < 1.29 is 33.3 Å². The molecule has 2 aliphatic rings. The Bertz CT molecular complexity index is 1780. The fourth-order valence-corrected chi connectivity index (χ4v) is 4.94. The van der Waals surface area contributed by atoms with Crippen LogP contribution in [0.25, 0.3) is 17.0 Å². The SMILES string of the molecule is COC(=O)c1ccc(/C=C2\Oc3c(ccc4c3[C@H](c3cc5ccc(OC)cc5[nH]c3=O)CC(=O)O4)C2=O)cc1. The van der Waals surface area contributed by atoms with Gasteiger partial charge in [-0.25, -0.2) is 4.79 Å². The van der Waals surface area contributed by atoms with E-state index in [9.17, 15) is 19.2 Å². The Morgan fingerprint density at radius 1 is 0.974 bits per heavy atom. The number of esters is 2. The summed E-state index contributed by atoms with van der Waals surface area (Å²) in [7, 11) is 2.84. The first-order valence-electron chi connectivity index (χ1n) is 12.1. The number of aromatic amines is 1. The number of nitrogens with one attached hydrogen (secondary N) is 1. The van der Waals surface area contributed by atoms with Crippen molar-refractivity contribution in [3.63, 3.8) is 0 Å². The Labute approximate surface area is 221 Å². The van der Waals surface area contributed by atoms with Crippen molar-refractivity contribution in [3.8, 4) is 17.2 Å². The number of rotatable bonds is 4. The summed E-state index contributed by atoms with van der Waals surface area (Å²) >= 11 is 0. The van der Waals surface area contributed by atoms with Gasteiger partial charge in [-0.1, -0.05) is 12.1 Å².